The van der Waals surface area contributed by atoms with Gasteiger partial charge in [-0.15, -0.1) is 0 Å². The first-order chi connectivity index (χ1) is 7.60. The van der Waals surface area contributed by atoms with Crippen molar-refractivity contribution in [3.63, 3.8) is 0 Å². The average Bonchev–Trinajstić information content (AvgIpc) is 2.29. The number of sulfonamides is 1. The maximum Gasteiger partial charge on any atom is 0.214 e. The molecule has 2 N–H and O–H groups in total. The van der Waals surface area contributed by atoms with Crippen molar-refractivity contribution in [1.29, 1.82) is 0 Å². The molecule has 16 heavy (non-hydrogen) atoms. The van der Waals surface area contributed by atoms with E-state index >= 15 is 0 Å². The van der Waals surface area contributed by atoms with E-state index in [1.54, 1.807) is 11.4 Å². The molecule has 0 aromatic carbocycles. The Kier molecular flexibility index (Phi) is 5.68. The van der Waals surface area contributed by atoms with Crippen LogP contribution in [0.3, 0.4) is 0 Å². The Morgan fingerprint density at radius 1 is 1.50 bits per heavy atom. The van der Waals surface area contributed by atoms with Crippen molar-refractivity contribution >= 4 is 10.0 Å². The Morgan fingerprint density at radius 3 is 2.88 bits per heavy atom. The molecule has 0 amide bonds. The van der Waals surface area contributed by atoms with Crippen molar-refractivity contribution in [3.8, 4) is 0 Å². The molecule has 1 unspecified atom stereocenters. The van der Waals surface area contributed by atoms with Crippen LogP contribution < -0.4 is 5.73 Å². The lowest BCUT2D eigenvalue weighted by atomic mass is 10.0. The second-order valence-corrected chi connectivity index (χ2v) is 6.35. The van der Waals surface area contributed by atoms with Gasteiger partial charge in [0.2, 0.25) is 10.0 Å². The van der Waals surface area contributed by atoms with Gasteiger partial charge >= 0.3 is 0 Å². The first-order valence-corrected chi connectivity index (χ1v) is 7.38. The third kappa shape index (κ3) is 4.01. The molecule has 0 aromatic heterocycles. The van der Waals surface area contributed by atoms with E-state index < -0.39 is 10.0 Å². The Labute approximate surface area is 98.0 Å². The minimum absolute atomic E-state index is 0.179. The molecular weight excluding hydrogens is 228 g/mol. The lowest BCUT2D eigenvalue weighted by Gasteiger charge is -2.31. The van der Waals surface area contributed by atoms with Crippen molar-refractivity contribution in [2.45, 2.75) is 19.3 Å². The van der Waals surface area contributed by atoms with Crippen LogP contribution >= 0.6 is 0 Å². The van der Waals surface area contributed by atoms with E-state index in [2.05, 4.69) is 0 Å². The molecule has 6 heteroatoms. The maximum atomic E-state index is 12.0. The van der Waals surface area contributed by atoms with Crippen LogP contribution in [0.1, 0.15) is 19.3 Å². The van der Waals surface area contributed by atoms with Crippen molar-refractivity contribution in [2.75, 3.05) is 39.1 Å². The van der Waals surface area contributed by atoms with Crippen molar-refractivity contribution < 1.29 is 13.2 Å². The number of hydrogen-bond donors (Lipinski definition) is 1. The summed E-state index contributed by atoms with van der Waals surface area (Å²) in [4.78, 5) is 0. The van der Waals surface area contributed by atoms with Gasteiger partial charge in [0.15, 0.2) is 0 Å². The molecule has 1 aliphatic rings. The number of nitrogens with two attached hydrogens (primary N) is 1. The second kappa shape index (κ2) is 6.54. The van der Waals surface area contributed by atoms with Crippen LogP contribution in [0.15, 0.2) is 0 Å². The molecule has 1 heterocycles. The summed E-state index contributed by atoms with van der Waals surface area (Å²) >= 11 is 0. The highest BCUT2D eigenvalue weighted by Gasteiger charge is 2.27. The second-order valence-electron chi connectivity index (χ2n) is 4.26. The first-order valence-electron chi connectivity index (χ1n) is 5.77. The predicted octanol–water partition coefficient (Wildman–Crippen LogP) is 0.0234. The molecule has 96 valence electrons. The Balaban J connectivity index is 2.47. The first kappa shape index (κ1) is 13.9. The highest BCUT2D eigenvalue weighted by Crippen LogP contribution is 2.18. The molecule has 5 nitrogen and oxygen atoms in total. The predicted molar refractivity (Wildman–Crippen MR) is 63.6 cm³/mol. The molecule has 0 radical (unpaired) electrons. The summed E-state index contributed by atoms with van der Waals surface area (Å²) in [7, 11) is -1.52. The fourth-order valence-electron chi connectivity index (χ4n) is 1.99. The molecule has 0 bridgehead atoms. The third-order valence-corrected chi connectivity index (χ3v) is 4.88. The van der Waals surface area contributed by atoms with Crippen LogP contribution in [0.25, 0.3) is 0 Å². The largest absolute Gasteiger partial charge is 0.385 e. The number of piperidine rings is 1. The van der Waals surface area contributed by atoms with Gasteiger partial charge in [0.05, 0.1) is 5.75 Å². The number of ether oxygens (including phenoxy) is 1. The van der Waals surface area contributed by atoms with Crippen molar-refractivity contribution in [2.24, 2.45) is 11.7 Å². The van der Waals surface area contributed by atoms with E-state index in [0.717, 1.165) is 12.8 Å². The topological polar surface area (TPSA) is 72.6 Å². The number of nitrogens with zero attached hydrogens (tertiary/aromatic N) is 1. The fourth-order valence-corrected chi connectivity index (χ4v) is 3.57. The minimum Gasteiger partial charge on any atom is -0.385 e. The molecule has 1 saturated heterocycles. The highest BCUT2D eigenvalue weighted by molar-refractivity contribution is 7.89. The van der Waals surface area contributed by atoms with E-state index in [-0.39, 0.29) is 5.75 Å². The Bertz CT molecular complexity index is 292. The summed E-state index contributed by atoms with van der Waals surface area (Å²) in [5.74, 6) is 0.504. The van der Waals surface area contributed by atoms with Gasteiger partial charge in [-0.05, 0) is 31.7 Å². The van der Waals surface area contributed by atoms with Crippen molar-refractivity contribution in [1.82, 2.24) is 4.31 Å². The average molecular weight is 250 g/mol. The van der Waals surface area contributed by atoms with Crippen LogP contribution in [0.2, 0.25) is 0 Å². The highest BCUT2D eigenvalue weighted by atomic mass is 32.2. The van der Waals surface area contributed by atoms with Gasteiger partial charge in [0.25, 0.3) is 0 Å². The molecule has 1 aliphatic heterocycles. The van der Waals surface area contributed by atoms with Gasteiger partial charge in [-0.1, -0.05) is 0 Å². The Morgan fingerprint density at radius 2 is 2.25 bits per heavy atom. The summed E-state index contributed by atoms with van der Waals surface area (Å²) < 4.78 is 30.4. The molecule has 0 spiro atoms. The number of hydrogen-bond acceptors (Lipinski definition) is 4. The van der Waals surface area contributed by atoms with E-state index in [0.29, 0.717) is 38.6 Å². The zero-order chi connectivity index (χ0) is 12.0. The van der Waals surface area contributed by atoms with Crippen LogP contribution in [0, 0.1) is 5.92 Å². The van der Waals surface area contributed by atoms with Gasteiger partial charge in [-0.2, -0.15) is 0 Å². The van der Waals surface area contributed by atoms with Crippen LogP contribution in [-0.4, -0.2) is 51.8 Å². The summed E-state index contributed by atoms with van der Waals surface area (Å²) in [6.45, 7) is 2.30. The molecule has 1 fully saturated rings. The number of methoxy groups -OCH3 is 1. The zero-order valence-corrected chi connectivity index (χ0v) is 10.7. The fraction of sp³-hybridized carbons (Fsp3) is 1.00. The SMILES string of the molecule is COCCCS(=O)(=O)N1CCCC(CN)C1. The lowest BCUT2D eigenvalue weighted by Crippen LogP contribution is -2.43. The number of rotatable bonds is 6. The van der Waals surface area contributed by atoms with E-state index in [1.807, 2.05) is 0 Å². The zero-order valence-electron chi connectivity index (χ0n) is 9.89. The molecule has 0 aliphatic carbocycles. The molecule has 1 rings (SSSR count). The normalized spacial score (nSPS) is 23.5. The molecule has 0 aromatic rings. The monoisotopic (exact) mass is 250 g/mol. The van der Waals surface area contributed by atoms with Gasteiger partial charge in [0.1, 0.15) is 0 Å². The van der Waals surface area contributed by atoms with Gasteiger partial charge in [-0.25, -0.2) is 12.7 Å². The van der Waals surface area contributed by atoms with Gasteiger partial charge < -0.3 is 10.5 Å². The maximum absolute atomic E-state index is 12.0. The van der Waals surface area contributed by atoms with Crippen LogP contribution in [-0.2, 0) is 14.8 Å². The standard InChI is InChI=1S/C10H22N2O3S/c1-15-6-3-7-16(13,14)12-5-2-4-10(8-11)9-12/h10H,2-9,11H2,1H3. The quantitative estimate of drug-likeness (QED) is 0.675. The molecular formula is C10H22N2O3S. The van der Waals surface area contributed by atoms with E-state index in [4.69, 9.17) is 10.5 Å². The smallest absolute Gasteiger partial charge is 0.214 e. The Hall–Kier alpha value is -0.170. The summed E-state index contributed by atoms with van der Waals surface area (Å²) in [5.41, 5.74) is 5.59. The summed E-state index contributed by atoms with van der Waals surface area (Å²) in [6.07, 6.45) is 2.52. The van der Waals surface area contributed by atoms with E-state index in [1.165, 1.54) is 0 Å². The molecule has 0 saturated carbocycles. The van der Waals surface area contributed by atoms with Crippen molar-refractivity contribution in [3.05, 3.63) is 0 Å². The van der Waals surface area contributed by atoms with Gasteiger partial charge in [0, 0.05) is 26.8 Å². The summed E-state index contributed by atoms with van der Waals surface area (Å²) in [5, 5.41) is 0. The lowest BCUT2D eigenvalue weighted by molar-refractivity contribution is 0.198. The minimum atomic E-state index is -3.10. The van der Waals surface area contributed by atoms with Crippen LogP contribution in [0.5, 0.6) is 0 Å². The molecule has 1 atom stereocenters. The summed E-state index contributed by atoms with van der Waals surface area (Å²) in [6, 6.07) is 0. The van der Waals surface area contributed by atoms with Crippen LogP contribution in [0.4, 0.5) is 0 Å². The van der Waals surface area contributed by atoms with E-state index in [9.17, 15) is 8.42 Å². The van der Waals surface area contributed by atoms with Gasteiger partial charge in [-0.3, -0.25) is 0 Å². The third-order valence-electron chi connectivity index (χ3n) is 2.96.